The van der Waals surface area contributed by atoms with Crippen molar-refractivity contribution in [2.75, 3.05) is 19.6 Å². The maximum Gasteiger partial charge on any atom is 0.248 e. The van der Waals surface area contributed by atoms with Crippen LogP contribution in [0.15, 0.2) is 33.7 Å². The number of carbonyl (C=O) groups is 1. The van der Waals surface area contributed by atoms with Gasteiger partial charge in [-0.1, -0.05) is 54.9 Å². The third-order valence-corrected chi connectivity index (χ3v) is 7.74. The largest absolute Gasteiger partial charge is 0.356 e. The third kappa shape index (κ3) is 5.86. The Bertz CT molecular complexity index is 1060. The minimum absolute atomic E-state index is 0.0710. The van der Waals surface area contributed by atoms with Gasteiger partial charge in [-0.05, 0) is 50.7 Å². The maximum absolute atomic E-state index is 13.5. The standard InChI is InChI=1S/C24H33N3O4S/c1-17(2)13-14-25-24(28)21-6-5-15-27(16-21)32(29,30)23-19(4)26-31-22(23)12-11-20-9-7-18(3)8-10-20/h7-12,17,21H,5-6,13-16H2,1-4H3,(H,25,28)/b12-11+. The predicted molar refractivity (Wildman–Crippen MR) is 125 cm³/mol. The van der Waals surface area contributed by atoms with Crippen molar-refractivity contribution in [3.05, 3.63) is 46.8 Å². The Hall–Kier alpha value is -2.45. The lowest BCUT2D eigenvalue weighted by atomic mass is 9.98. The van der Waals surface area contributed by atoms with Gasteiger partial charge in [0.2, 0.25) is 15.9 Å². The zero-order valence-corrected chi connectivity index (χ0v) is 20.1. The Labute approximate surface area is 190 Å². The highest BCUT2D eigenvalue weighted by Gasteiger charge is 2.36. The van der Waals surface area contributed by atoms with E-state index in [1.54, 1.807) is 19.1 Å². The first-order valence-electron chi connectivity index (χ1n) is 11.2. The average molecular weight is 460 g/mol. The van der Waals surface area contributed by atoms with Crippen molar-refractivity contribution in [3.8, 4) is 0 Å². The van der Waals surface area contributed by atoms with E-state index in [0.717, 1.165) is 17.5 Å². The number of carbonyl (C=O) groups excluding carboxylic acids is 1. The Kier molecular flexibility index (Phi) is 7.90. The summed E-state index contributed by atoms with van der Waals surface area (Å²) in [6.07, 6.45) is 5.66. The number of sulfonamides is 1. The number of piperidine rings is 1. The van der Waals surface area contributed by atoms with Crippen molar-refractivity contribution in [1.82, 2.24) is 14.8 Å². The zero-order chi connectivity index (χ0) is 23.3. The number of aromatic nitrogens is 1. The van der Waals surface area contributed by atoms with Gasteiger partial charge in [0.25, 0.3) is 0 Å². The van der Waals surface area contributed by atoms with Crippen LogP contribution in [0.2, 0.25) is 0 Å². The zero-order valence-electron chi connectivity index (χ0n) is 19.3. The molecule has 0 bridgehead atoms. The second kappa shape index (κ2) is 10.4. The first-order valence-corrected chi connectivity index (χ1v) is 12.6. The van der Waals surface area contributed by atoms with E-state index in [4.69, 9.17) is 4.52 Å². The molecule has 1 saturated heterocycles. The molecule has 32 heavy (non-hydrogen) atoms. The molecule has 2 heterocycles. The summed E-state index contributed by atoms with van der Waals surface area (Å²) in [5.41, 5.74) is 2.40. The van der Waals surface area contributed by atoms with Crippen LogP contribution in [-0.4, -0.2) is 43.4 Å². The molecular weight excluding hydrogens is 426 g/mol. The molecule has 1 atom stereocenters. The van der Waals surface area contributed by atoms with Crippen molar-refractivity contribution < 1.29 is 17.7 Å². The third-order valence-electron chi connectivity index (χ3n) is 5.71. The quantitative estimate of drug-likeness (QED) is 0.644. The summed E-state index contributed by atoms with van der Waals surface area (Å²) >= 11 is 0. The molecule has 1 aliphatic rings. The molecular formula is C24H33N3O4S. The highest BCUT2D eigenvalue weighted by atomic mass is 32.2. The SMILES string of the molecule is Cc1ccc(/C=C/c2onc(C)c2S(=O)(=O)N2CCCC(C(=O)NCCC(C)C)C2)cc1. The molecule has 1 amide bonds. The van der Waals surface area contributed by atoms with Crippen molar-refractivity contribution >= 4 is 28.1 Å². The van der Waals surface area contributed by atoms with E-state index in [0.29, 0.717) is 37.5 Å². The van der Waals surface area contributed by atoms with Crippen LogP contribution >= 0.6 is 0 Å². The normalized spacial score (nSPS) is 17.8. The van der Waals surface area contributed by atoms with Gasteiger partial charge in [0.1, 0.15) is 5.69 Å². The fourth-order valence-electron chi connectivity index (χ4n) is 3.78. The summed E-state index contributed by atoms with van der Waals surface area (Å²) in [6.45, 7) is 9.00. The van der Waals surface area contributed by atoms with Crippen molar-refractivity contribution in [1.29, 1.82) is 0 Å². The van der Waals surface area contributed by atoms with E-state index in [2.05, 4.69) is 24.3 Å². The van der Waals surface area contributed by atoms with Crippen LogP contribution in [0.25, 0.3) is 12.2 Å². The van der Waals surface area contributed by atoms with E-state index in [-0.39, 0.29) is 29.0 Å². The first kappa shape index (κ1) is 24.2. The molecule has 174 valence electrons. The lowest BCUT2D eigenvalue weighted by molar-refractivity contribution is -0.126. The molecule has 1 aromatic heterocycles. The predicted octanol–water partition coefficient (Wildman–Crippen LogP) is 4.02. The van der Waals surface area contributed by atoms with Gasteiger partial charge < -0.3 is 9.84 Å². The van der Waals surface area contributed by atoms with Crippen molar-refractivity contribution in [2.24, 2.45) is 11.8 Å². The topological polar surface area (TPSA) is 92.5 Å². The van der Waals surface area contributed by atoms with Gasteiger partial charge in [0.05, 0.1) is 5.92 Å². The smallest absolute Gasteiger partial charge is 0.248 e. The monoisotopic (exact) mass is 459 g/mol. The molecule has 2 aromatic rings. The van der Waals surface area contributed by atoms with Gasteiger partial charge in [-0.25, -0.2) is 8.42 Å². The van der Waals surface area contributed by atoms with Crippen LogP contribution < -0.4 is 5.32 Å². The fraction of sp³-hybridized carbons (Fsp3) is 0.500. The summed E-state index contributed by atoms with van der Waals surface area (Å²) in [5, 5.41) is 6.86. The second-order valence-electron chi connectivity index (χ2n) is 8.88. The number of nitrogens with one attached hydrogen (secondary N) is 1. The molecule has 0 radical (unpaired) electrons. The summed E-state index contributed by atoms with van der Waals surface area (Å²) in [6, 6.07) is 7.89. The number of hydrogen-bond donors (Lipinski definition) is 1. The number of aryl methyl sites for hydroxylation is 2. The highest BCUT2D eigenvalue weighted by molar-refractivity contribution is 7.89. The molecule has 7 nitrogen and oxygen atoms in total. The lowest BCUT2D eigenvalue weighted by Crippen LogP contribution is -2.45. The van der Waals surface area contributed by atoms with E-state index >= 15 is 0 Å². The van der Waals surface area contributed by atoms with Crippen LogP contribution in [0.3, 0.4) is 0 Å². The van der Waals surface area contributed by atoms with Crippen LogP contribution in [0.1, 0.15) is 55.7 Å². The van der Waals surface area contributed by atoms with Gasteiger partial charge >= 0.3 is 0 Å². The molecule has 1 aliphatic heterocycles. The highest BCUT2D eigenvalue weighted by Crippen LogP contribution is 2.29. The number of nitrogens with zero attached hydrogens (tertiary/aromatic N) is 2. The van der Waals surface area contributed by atoms with Crippen LogP contribution in [0, 0.1) is 25.7 Å². The Morgan fingerprint density at radius 1 is 1.25 bits per heavy atom. The summed E-state index contributed by atoms with van der Waals surface area (Å²) in [5.74, 6) is 0.276. The summed E-state index contributed by atoms with van der Waals surface area (Å²) < 4.78 is 33.7. The Morgan fingerprint density at radius 2 is 1.97 bits per heavy atom. The Balaban J connectivity index is 1.76. The average Bonchev–Trinajstić information content (AvgIpc) is 3.14. The van der Waals surface area contributed by atoms with Crippen LogP contribution in [0.4, 0.5) is 0 Å². The second-order valence-corrected chi connectivity index (χ2v) is 10.8. The van der Waals surface area contributed by atoms with Gasteiger partial charge in [0, 0.05) is 19.6 Å². The molecule has 1 N–H and O–H groups in total. The van der Waals surface area contributed by atoms with Gasteiger partial charge in [0.15, 0.2) is 10.7 Å². The number of benzene rings is 1. The summed E-state index contributed by atoms with van der Waals surface area (Å²) in [4.78, 5) is 12.7. The number of hydrogen-bond acceptors (Lipinski definition) is 5. The van der Waals surface area contributed by atoms with Gasteiger partial charge in [-0.3, -0.25) is 4.79 Å². The summed E-state index contributed by atoms with van der Waals surface area (Å²) in [7, 11) is -3.85. The first-order chi connectivity index (χ1) is 15.2. The van der Waals surface area contributed by atoms with E-state index in [1.165, 1.54) is 4.31 Å². The minimum Gasteiger partial charge on any atom is -0.356 e. The van der Waals surface area contributed by atoms with Gasteiger partial charge in [-0.2, -0.15) is 4.31 Å². The molecule has 1 unspecified atom stereocenters. The van der Waals surface area contributed by atoms with Crippen LogP contribution in [0.5, 0.6) is 0 Å². The van der Waals surface area contributed by atoms with E-state index < -0.39 is 10.0 Å². The Morgan fingerprint density at radius 3 is 2.66 bits per heavy atom. The molecule has 1 aromatic carbocycles. The van der Waals surface area contributed by atoms with Crippen molar-refractivity contribution in [2.45, 2.75) is 51.9 Å². The molecule has 0 spiro atoms. The maximum atomic E-state index is 13.5. The lowest BCUT2D eigenvalue weighted by Gasteiger charge is -2.31. The van der Waals surface area contributed by atoms with E-state index in [9.17, 15) is 13.2 Å². The van der Waals surface area contributed by atoms with Gasteiger partial charge in [-0.15, -0.1) is 0 Å². The van der Waals surface area contributed by atoms with E-state index in [1.807, 2.05) is 31.2 Å². The molecule has 1 fully saturated rings. The molecule has 0 aliphatic carbocycles. The fourth-order valence-corrected chi connectivity index (χ4v) is 5.55. The minimum atomic E-state index is -3.85. The number of amides is 1. The molecule has 0 saturated carbocycles. The van der Waals surface area contributed by atoms with Crippen molar-refractivity contribution in [3.63, 3.8) is 0 Å². The molecule has 8 heteroatoms. The van der Waals surface area contributed by atoms with Crippen LogP contribution in [-0.2, 0) is 14.8 Å². The number of rotatable bonds is 8. The molecule has 3 rings (SSSR count).